The van der Waals surface area contributed by atoms with Crippen molar-refractivity contribution >= 4 is 5.91 Å². The van der Waals surface area contributed by atoms with Gasteiger partial charge in [0, 0.05) is 18.0 Å². The molecule has 2 heterocycles. The van der Waals surface area contributed by atoms with Gasteiger partial charge in [0.2, 0.25) is 17.5 Å². The zero-order chi connectivity index (χ0) is 19.2. The van der Waals surface area contributed by atoms with Gasteiger partial charge >= 0.3 is 0 Å². The van der Waals surface area contributed by atoms with Crippen LogP contribution in [0, 0.1) is 0 Å². The summed E-state index contributed by atoms with van der Waals surface area (Å²) in [6.07, 6.45) is 3.27. The van der Waals surface area contributed by atoms with Crippen LogP contribution >= 0.6 is 0 Å². The fourth-order valence-electron chi connectivity index (χ4n) is 2.40. The molecule has 0 saturated carbocycles. The van der Waals surface area contributed by atoms with Gasteiger partial charge in [0.25, 0.3) is 5.91 Å². The summed E-state index contributed by atoms with van der Waals surface area (Å²) in [6.45, 7) is 0.0722. The minimum atomic E-state index is -0.351. The van der Waals surface area contributed by atoms with Crippen LogP contribution in [0.5, 0.6) is 17.2 Å². The number of carbonyl (C=O) groups is 1. The smallest absolute Gasteiger partial charge is 0.251 e. The lowest BCUT2D eigenvalue weighted by Gasteiger charge is -2.13. The number of amides is 1. The highest BCUT2D eigenvalue weighted by atomic mass is 16.5. The van der Waals surface area contributed by atoms with Gasteiger partial charge in [0.05, 0.1) is 33.4 Å². The van der Waals surface area contributed by atoms with E-state index >= 15 is 0 Å². The molecule has 3 aromatic rings. The molecule has 0 atom stereocenters. The molecule has 9 heteroatoms. The monoisotopic (exact) mass is 370 g/mol. The summed E-state index contributed by atoms with van der Waals surface area (Å²) >= 11 is 0. The molecule has 0 saturated heterocycles. The fourth-order valence-corrected chi connectivity index (χ4v) is 2.40. The molecule has 0 aliphatic heterocycles. The molecule has 2 aromatic heterocycles. The van der Waals surface area contributed by atoms with Gasteiger partial charge in [-0.15, -0.1) is 10.2 Å². The predicted octanol–water partition coefficient (Wildman–Crippen LogP) is 2.09. The average Bonchev–Trinajstić information content (AvgIpc) is 3.20. The Kier molecular flexibility index (Phi) is 5.50. The second-order valence-electron chi connectivity index (χ2n) is 5.34. The van der Waals surface area contributed by atoms with Crippen LogP contribution in [-0.4, -0.2) is 42.4 Å². The summed E-state index contributed by atoms with van der Waals surface area (Å²) in [5, 5.41) is 10.6. The van der Waals surface area contributed by atoms with Gasteiger partial charge in [-0.25, -0.2) is 0 Å². The predicted molar refractivity (Wildman–Crippen MR) is 94.8 cm³/mol. The second kappa shape index (κ2) is 8.17. The van der Waals surface area contributed by atoms with Gasteiger partial charge in [-0.1, -0.05) is 0 Å². The second-order valence-corrected chi connectivity index (χ2v) is 5.34. The maximum Gasteiger partial charge on any atom is 0.251 e. The van der Waals surface area contributed by atoms with Crippen LogP contribution in [0.1, 0.15) is 16.2 Å². The highest BCUT2D eigenvalue weighted by molar-refractivity contribution is 5.95. The van der Waals surface area contributed by atoms with E-state index in [1.165, 1.54) is 21.3 Å². The highest BCUT2D eigenvalue weighted by Gasteiger charge is 2.17. The zero-order valence-corrected chi connectivity index (χ0v) is 15.1. The van der Waals surface area contributed by atoms with Gasteiger partial charge in [-0.3, -0.25) is 9.78 Å². The van der Waals surface area contributed by atoms with Crippen molar-refractivity contribution in [2.75, 3.05) is 21.3 Å². The van der Waals surface area contributed by atoms with Crippen molar-refractivity contribution in [2.24, 2.45) is 0 Å². The summed E-state index contributed by atoms with van der Waals surface area (Å²) in [7, 11) is 4.46. The van der Waals surface area contributed by atoms with Crippen LogP contribution in [0.15, 0.2) is 41.1 Å². The Hall–Kier alpha value is -3.62. The Morgan fingerprint density at radius 3 is 2.44 bits per heavy atom. The summed E-state index contributed by atoms with van der Waals surface area (Å²) in [6, 6.07) is 6.70. The largest absolute Gasteiger partial charge is 0.493 e. The number of pyridine rings is 1. The number of hydrogen-bond acceptors (Lipinski definition) is 8. The standard InChI is InChI=1S/C18H18N4O5/c1-24-13-7-12(8-14(25-2)16(13)26-3)17(23)20-10-15-21-22-18(27-15)11-5-4-6-19-9-11/h4-9H,10H2,1-3H3,(H,20,23). The lowest BCUT2D eigenvalue weighted by Crippen LogP contribution is -2.23. The van der Waals surface area contributed by atoms with E-state index in [1.807, 2.05) is 0 Å². The minimum absolute atomic E-state index is 0.0722. The molecule has 140 valence electrons. The first kappa shape index (κ1) is 18.2. The van der Waals surface area contributed by atoms with Gasteiger partial charge in [0.1, 0.15) is 0 Å². The molecule has 0 unspecified atom stereocenters. The minimum Gasteiger partial charge on any atom is -0.493 e. The molecule has 1 amide bonds. The van der Waals surface area contributed by atoms with Gasteiger partial charge < -0.3 is 23.9 Å². The van der Waals surface area contributed by atoms with E-state index < -0.39 is 0 Å². The molecule has 0 fully saturated rings. The molecule has 1 N–H and O–H groups in total. The van der Waals surface area contributed by atoms with Crippen LogP contribution in [-0.2, 0) is 6.54 Å². The molecule has 3 rings (SSSR count). The lowest BCUT2D eigenvalue weighted by atomic mass is 10.1. The average molecular weight is 370 g/mol. The van der Waals surface area contributed by atoms with E-state index in [-0.39, 0.29) is 18.3 Å². The number of benzene rings is 1. The van der Waals surface area contributed by atoms with Crippen molar-refractivity contribution < 1.29 is 23.4 Å². The molecule has 0 bridgehead atoms. The number of carbonyl (C=O) groups excluding carboxylic acids is 1. The SMILES string of the molecule is COc1cc(C(=O)NCc2nnc(-c3cccnc3)o2)cc(OC)c1OC. The topological polar surface area (TPSA) is 109 Å². The molecule has 0 radical (unpaired) electrons. The normalized spacial score (nSPS) is 10.3. The van der Waals surface area contributed by atoms with Crippen LogP contribution in [0.2, 0.25) is 0 Å². The number of methoxy groups -OCH3 is 3. The zero-order valence-electron chi connectivity index (χ0n) is 15.1. The summed E-state index contributed by atoms with van der Waals surface area (Å²) < 4.78 is 21.3. The first-order chi connectivity index (χ1) is 13.2. The molecule has 1 aromatic carbocycles. The molecule has 0 spiro atoms. The van der Waals surface area contributed by atoms with E-state index in [0.29, 0.717) is 34.3 Å². The number of nitrogens with one attached hydrogen (secondary N) is 1. The van der Waals surface area contributed by atoms with E-state index in [4.69, 9.17) is 18.6 Å². The quantitative estimate of drug-likeness (QED) is 0.673. The third-order valence-corrected chi connectivity index (χ3v) is 3.70. The lowest BCUT2D eigenvalue weighted by molar-refractivity contribution is 0.0946. The fraction of sp³-hybridized carbons (Fsp3) is 0.222. The number of hydrogen-bond donors (Lipinski definition) is 1. The third-order valence-electron chi connectivity index (χ3n) is 3.70. The first-order valence-corrected chi connectivity index (χ1v) is 7.97. The third kappa shape index (κ3) is 3.97. The molecule has 0 aliphatic carbocycles. The maximum absolute atomic E-state index is 12.5. The Morgan fingerprint density at radius 2 is 1.85 bits per heavy atom. The number of aromatic nitrogens is 3. The number of rotatable bonds is 7. The van der Waals surface area contributed by atoms with Crippen molar-refractivity contribution in [3.05, 3.63) is 48.1 Å². The summed E-state index contributed by atoms with van der Waals surface area (Å²) in [4.78, 5) is 16.5. The van der Waals surface area contributed by atoms with Crippen LogP contribution in [0.3, 0.4) is 0 Å². The van der Waals surface area contributed by atoms with Crippen LogP contribution in [0.25, 0.3) is 11.5 Å². The Bertz CT molecular complexity index is 902. The highest BCUT2D eigenvalue weighted by Crippen LogP contribution is 2.38. The number of ether oxygens (including phenoxy) is 3. The van der Waals surface area contributed by atoms with E-state index in [2.05, 4.69) is 20.5 Å². The van der Waals surface area contributed by atoms with Crippen LogP contribution in [0.4, 0.5) is 0 Å². The van der Waals surface area contributed by atoms with E-state index in [1.54, 1.807) is 36.7 Å². The van der Waals surface area contributed by atoms with E-state index in [9.17, 15) is 4.79 Å². The van der Waals surface area contributed by atoms with Crippen molar-refractivity contribution in [1.29, 1.82) is 0 Å². The Morgan fingerprint density at radius 1 is 1.11 bits per heavy atom. The molecular weight excluding hydrogens is 352 g/mol. The maximum atomic E-state index is 12.5. The molecular formula is C18H18N4O5. The first-order valence-electron chi connectivity index (χ1n) is 7.97. The van der Waals surface area contributed by atoms with Crippen molar-refractivity contribution in [3.63, 3.8) is 0 Å². The van der Waals surface area contributed by atoms with Gasteiger partial charge in [-0.2, -0.15) is 0 Å². The van der Waals surface area contributed by atoms with E-state index in [0.717, 1.165) is 0 Å². The van der Waals surface area contributed by atoms with Gasteiger partial charge in [0.15, 0.2) is 11.5 Å². The number of nitrogens with zero attached hydrogens (tertiary/aromatic N) is 3. The Balaban J connectivity index is 1.72. The van der Waals surface area contributed by atoms with Crippen molar-refractivity contribution in [3.8, 4) is 28.7 Å². The Labute approximate surface area is 155 Å². The summed E-state index contributed by atoms with van der Waals surface area (Å²) in [5.41, 5.74) is 1.05. The van der Waals surface area contributed by atoms with Crippen molar-refractivity contribution in [1.82, 2.24) is 20.5 Å². The molecule has 0 aliphatic rings. The van der Waals surface area contributed by atoms with Gasteiger partial charge in [-0.05, 0) is 24.3 Å². The summed E-state index contributed by atoms with van der Waals surface area (Å²) in [5.74, 6) is 1.44. The molecule has 27 heavy (non-hydrogen) atoms. The van der Waals surface area contributed by atoms with Crippen LogP contribution < -0.4 is 19.5 Å². The van der Waals surface area contributed by atoms with Crippen molar-refractivity contribution in [2.45, 2.75) is 6.54 Å². The molecule has 9 nitrogen and oxygen atoms in total.